The van der Waals surface area contributed by atoms with Crippen molar-refractivity contribution in [2.24, 2.45) is 22.2 Å². The fourth-order valence-corrected chi connectivity index (χ4v) is 2.81. The van der Waals surface area contributed by atoms with Gasteiger partial charge in [-0.2, -0.15) is 0 Å². The van der Waals surface area contributed by atoms with Gasteiger partial charge in [-0.25, -0.2) is 0 Å². The third kappa shape index (κ3) is 3.95. The van der Waals surface area contributed by atoms with Crippen LogP contribution in [0.1, 0.15) is 55.4 Å². The van der Waals surface area contributed by atoms with Gasteiger partial charge in [-0.05, 0) is 16.7 Å². The molecule has 0 aromatic carbocycles. The second-order valence-electron chi connectivity index (χ2n) is 7.83. The molecule has 0 fully saturated rings. The molecule has 0 aromatic rings. The highest BCUT2D eigenvalue weighted by Crippen LogP contribution is 2.52. The number of esters is 1. The van der Waals surface area contributed by atoms with Crippen molar-refractivity contribution >= 4 is 5.97 Å². The Morgan fingerprint density at radius 3 is 1.68 bits per heavy atom. The number of carbonyl (C=O) groups is 1. The SMILES string of the molecule is COCC(C(=O)OCC(C)C)(C(C)(C)C)C(C)(C)C. The van der Waals surface area contributed by atoms with Crippen LogP contribution in [0.2, 0.25) is 0 Å². The average molecular weight is 272 g/mol. The van der Waals surface area contributed by atoms with E-state index in [0.29, 0.717) is 19.1 Å². The van der Waals surface area contributed by atoms with Crippen molar-refractivity contribution in [2.75, 3.05) is 20.3 Å². The summed E-state index contributed by atoms with van der Waals surface area (Å²) in [5, 5.41) is 0. The first-order valence-electron chi connectivity index (χ1n) is 7.06. The zero-order chi connectivity index (χ0) is 15.5. The van der Waals surface area contributed by atoms with Gasteiger partial charge >= 0.3 is 5.97 Å². The van der Waals surface area contributed by atoms with Crippen LogP contribution in [0.5, 0.6) is 0 Å². The van der Waals surface area contributed by atoms with Crippen molar-refractivity contribution in [1.29, 1.82) is 0 Å². The molecule has 0 unspecified atom stereocenters. The molecule has 0 rings (SSSR count). The van der Waals surface area contributed by atoms with Gasteiger partial charge in [-0.15, -0.1) is 0 Å². The third-order valence-corrected chi connectivity index (χ3v) is 3.82. The van der Waals surface area contributed by atoms with E-state index in [4.69, 9.17) is 9.47 Å². The summed E-state index contributed by atoms with van der Waals surface area (Å²) in [6.45, 7) is 17.4. The molecule has 0 amide bonds. The van der Waals surface area contributed by atoms with Crippen LogP contribution < -0.4 is 0 Å². The maximum atomic E-state index is 12.8. The summed E-state index contributed by atoms with van der Waals surface area (Å²) in [6, 6.07) is 0. The highest BCUT2D eigenvalue weighted by molar-refractivity contribution is 5.79. The minimum Gasteiger partial charge on any atom is -0.465 e. The highest BCUT2D eigenvalue weighted by atomic mass is 16.5. The Hall–Kier alpha value is -0.570. The number of rotatable bonds is 5. The molecule has 0 aliphatic carbocycles. The Morgan fingerprint density at radius 2 is 1.42 bits per heavy atom. The summed E-state index contributed by atoms with van der Waals surface area (Å²) >= 11 is 0. The first-order chi connectivity index (χ1) is 8.40. The Balaban J connectivity index is 5.54. The van der Waals surface area contributed by atoms with E-state index in [2.05, 4.69) is 41.5 Å². The van der Waals surface area contributed by atoms with Crippen LogP contribution in [0.4, 0.5) is 0 Å². The van der Waals surface area contributed by atoms with Crippen LogP contribution in [0.25, 0.3) is 0 Å². The number of hydrogen-bond donors (Lipinski definition) is 0. The largest absolute Gasteiger partial charge is 0.465 e. The molecule has 0 atom stereocenters. The van der Waals surface area contributed by atoms with Gasteiger partial charge in [0, 0.05) is 7.11 Å². The van der Waals surface area contributed by atoms with Crippen LogP contribution in [0.15, 0.2) is 0 Å². The lowest BCUT2D eigenvalue weighted by Gasteiger charge is -2.50. The van der Waals surface area contributed by atoms with Gasteiger partial charge in [-0.1, -0.05) is 55.4 Å². The first kappa shape index (κ1) is 18.4. The van der Waals surface area contributed by atoms with Crippen LogP contribution in [-0.4, -0.2) is 26.3 Å². The lowest BCUT2D eigenvalue weighted by atomic mass is 9.54. The number of ether oxygens (including phenoxy) is 2. The van der Waals surface area contributed by atoms with Crippen LogP contribution in [0.3, 0.4) is 0 Å². The zero-order valence-electron chi connectivity index (χ0n) is 14.2. The minimum atomic E-state index is -0.663. The van der Waals surface area contributed by atoms with Gasteiger partial charge in [0.25, 0.3) is 0 Å². The zero-order valence-corrected chi connectivity index (χ0v) is 14.2. The Labute approximate surface area is 119 Å². The molecule has 0 heterocycles. The van der Waals surface area contributed by atoms with Gasteiger partial charge < -0.3 is 9.47 Å². The molecule has 114 valence electrons. The van der Waals surface area contributed by atoms with Crippen molar-refractivity contribution in [3.63, 3.8) is 0 Å². The molecular weight excluding hydrogens is 240 g/mol. The molecular formula is C16H32O3. The van der Waals surface area contributed by atoms with E-state index >= 15 is 0 Å². The summed E-state index contributed by atoms with van der Waals surface area (Å²) in [5.41, 5.74) is -1.14. The number of hydrogen-bond acceptors (Lipinski definition) is 3. The van der Waals surface area contributed by atoms with E-state index in [-0.39, 0.29) is 16.8 Å². The maximum absolute atomic E-state index is 12.8. The first-order valence-corrected chi connectivity index (χ1v) is 7.06. The molecule has 3 heteroatoms. The van der Waals surface area contributed by atoms with Gasteiger partial charge in [0.05, 0.1) is 13.2 Å². The lowest BCUT2D eigenvalue weighted by Crippen LogP contribution is -2.56. The van der Waals surface area contributed by atoms with E-state index in [1.165, 1.54) is 0 Å². The van der Waals surface area contributed by atoms with Crippen LogP contribution in [-0.2, 0) is 14.3 Å². The predicted octanol–water partition coefficient (Wildman–Crippen LogP) is 3.91. The van der Waals surface area contributed by atoms with Gasteiger partial charge in [0.2, 0.25) is 0 Å². The van der Waals surface area contributed by atoms with E-state index in [1.807, 2.05) is 13.8 Å². The van der Waals surface area contributed by atoms with Crippen molar-refractivity contribution in [3.05, 3.63) is 0 Å². The molecule has 0 aliphatic heterocycles. The van der Waals surface area contributed by atoms with Crippen molar-refractivity contribution < 1.29 is 14.3 Å². The highest BCUT2D eigenvalue weighted by Gasteiger charge is 2.57. The molecule has 0 spiro atoms. The summed E-state index contributed by atoms with van der Waals surface area (Å²) in [5.74, 6) is 0.187. The van der Waals surface area contributed by atoms with E-state index in [0.717, 1.165) is 0 Å². The molecule has 0 radical (unpaired) electrons. The fourth-order valence-electron chi connectivity index (χ4n) is 2.81. The monoisotopic (exact) mass is 272 g/mol. The van der Waals surface area contributed by atoms with E-state index < -0.39 is 5.41 Å². The predicted molar refractivity (Wildman–Crippen MR) is 79.0 cm³/mol. The van der Waals surface area contributed by atoms with Gasteiger partial charge in [0.15, 0.2) is 0 Å². The Kier molecular flexibility index (Phi) is 6.07. The molecule has 0 saturated heterocycles. The van der Waals surface area contributed by atoms with Crippen LogP contribution >= 0.6 is 0 Å². The molecule has 0 bridgehead atoms. The molecule has 19 heavy (non-hydrogen) atoms. The molecule has 0 aromatic heterocycles. The second kappa shape index (κ2) is 6.25. The normalized spacial score (nSPS) is 13.8. The number of carbonyl (C=O) groups excluding carboxylic acids is 1. The topological polar surface area (TPSA) is 35.5 Å². The average Bonchev–Trinajstić information content (AvgIpc) is 2.18. The minimum absolute atomic E-state index is 0.150. The van der Waals surface area contributed by atoms with Gasteiger partial charge in [0.1, 0.15) is 5.41 Å². The maximum Gasteiger partial charge on any atom is 0.315 e. The fraction of sp³-hybridized carbons (Fsp3) is 0.938. The summed E-state index contributed by atoms with van der Waals surface area (Å²) in [6.07, 6.45) is 0. The number of methoxy groups -OCH3 is 1. The second-order valence-corrected chi connectivity index (χ2v) is 7.83. The van der Waals surface area contributed by atoms with E-state index in [9.17, 15) is 4.79 Å². The van der Waals surface area contributed by atoms with Crippen molar-refractivity contribution in [1.82, 2.24) is 0 Å². The quantitative estimate of drug-likeness (QED) is 0.712. The third-order valence-electron chi connectivity index (χ3n) is 3.82. The summed E-state index contributed by atoms with van der Waals surface area (Å²) < 4.78 is 10.9. The Bertz CT molecular complexity index is 278. The molecule has 0 saturated carbocycles. The van der Waals surface area contributed by atoms with E-state index in [1.54, 1.807) is 7.11 Å². The molecule has 3 nitrogen and oxygen atoms in total. The summed E-state index contributed by atoms with van der Waals surface area (Å²) in [7, 11) is 1.64. The lowest BCUT2D eigenvalue weighted by molar-refractivity contribution is -0.184. The van der Waals surface area contributed by atoms with Crippen molar-refractivity contribution in [3.8, 4) is 0 Å². The smallest absolute Gasteiger partial charge is 0.315 e. The summed E-state index contributed by atoms with van der Waals surface area (Å²) in [4.78, 5) is 12.8. The van der Waals surface area contributed by atoms with Crippen LogP contribution in [0, 0.1) is 22.2 Å². The van der Waals surface area contributed by atoms with Crippen molar-refractivity contribution in [2.45, 2.75) is 55.4 Å². The molecule has 0 N–H and O–H groups in total. The van der Waals surface area contributed by atoms with Gasteiger partial charge in [-0.3, -0.25) is 4.79 Å². The Morgan fingerprint density at radius 1 is 1.00 bits per heavy atom. The standard InChI is InChI=1S/C16H32O3/c1-12(2)10-19-13(17)16(11-18-9,14(3,4)5)15(6,7)8/h12H,10-11H2,1-9H3. The molecule has 0 aliphatic rings.